The van der Waals surface area contributed by atoms with Crippen molar-refractivity contribution in [3.05, 3.63) is 72.8 Å². The second-order valence-corrected chi connectivity index (χ2v) is 14.5. The van der Waals surface area contributed by atoms with Crippen LogP contribution in [0, 0.1) is 0 Å². The molecule has 0 N–H and O–H groups in total. The molecule has 184 valence electrons. The molecule has 1 aliphatic heterocycles. The predicted octanol–water partition coefficient (Wildman–Crippen LogP) is 5.40. The van der Waals surface area contributed by atoms with Gasteiger partial charge in [-0.1, -0.05) is 93.6 Å². The van der Waals surface area contributed by atoms with Gasteiger partial charge in [0.1, 0.15) is 6.61 Å². The monoisotopic (exact) mass is 480 g/mol. The van der Waals surface area contributed by atoms with Crippen molar-refractivity contribution in [1.29, 1.82) is 0 Å². The van der Waals surface area contributed by atoms with Crippen LogP contribution in [0.5, 0.6) is 0 Å². The summed E-state index contributed by atoms with van der Waals surface area (Å²) in [6.45, 7) is 12.5. The van der Waals surface area contributed by atoms with Gasteiger partial charge in [0.15, 0.2) is 12.1 Å². The van der Waals surface area contributed by atoms with Crippen LogP contribution in [0.4, 0.5) is 0 Å². The standard InChI is InChI=1S/C29H40O4Si/c1-24(14-13-15-25(30)23-32-28-20-11-12-21-31-28)22-33-34(29(2,3)4,26-16-7-5-8-17-26)27-18-9-6-10-19-27/h5-10,16-19,28H,1,11-15,20-23H2,2-4H3. The molecule has 2 aromatic rings. The lowest BCUT2D eigenvalue weighted by Gasteiger charge is -2.43. The van der Waals surface area contributed by atoms with Gasteiger partial charge < -0.3 is 13.9 Å². The third-order valence-electron chi connectivity index (χ3n) is 6.46. The Morgan fingerprint density at radius 2 is 1.59 bits per heavy atom. The van der Waals surface area contributed by atoms with Gasteiger partial charge in [-0.2, -0.15) is 0 Å². The topological polar surface area (TPSA) is 44.8 Å². The Kier molecular flexibility index (Phi) is 9.83. The minimum absolute atomic E-state index is 0.0650. The molecule has 0 saturated carbocycles. The number of hydrogen-bond acceptors (Lipinski definition) is 4. The summed E-state index contributed by atoms with van der Waals surface area (Å²) in [6, 6.07) is 21.3. The van der Waals surface area contributed by atoms with Crippen LogP contribution in [0.15, 0.2) is 72.8 Å². The molecule has 1 aliphatic rings. The van der Waals surface area contributed by atoms with Crippen LogP contribution in [-0.2, 0) is 18.7 Å². The van der Waals surface area contributed by atoms with Gasteiger partial charge >= 0.3 is 0 Å². The summed E-state index contributed by atoms with van der Waals surface area (Å²) in [6.07, 6.45) is 4.86. The lowest BCUT2D eigenvalue weighted by atomic mass is 10.1. The molecular weight excluding hydrogens is 440 g/mol. The average molecular weight is 481 g/mol. The van der Waals surface area contributed by atoms with Gasteiger partial charge in [-0.15, -0.1) is 0 Å². The van der Waals surface area contributed by atoms with Gasteiger partial charge in [-0.25, -0.2) is 0 Å². The van der Waals surface area contributed by atoms with Crippen LogP contribution >= 0.6 is 0 Å². The summed E-state index contributed by atoms with van der Waals surface area (Å²) in [5, 5.41) is 2.46. The molecule has 2 aromatic carbocycles. The molecule has 1 saturated heterocycles. The molecule has 1 heterocycles. The van der Waals surface area contributed by atoms with Crippen molar-refractivity contribution in [1.82, 2.24) is 0 Å². The predicted molar refractivity (Wildman–Crippen MR) is 141 cm³/mol. The van der Waals surface area contributed by atoms with Crippen LogP contribution < -0.4 is 10.4 Å². The Morgan fingerprint density at radius 3 is 2.12 bits per heavy atom. The quantitative estimate of drug-likeness (QED) is 0.301. The summed E-state index contributed by atoms with van der Waals surface area (Å²) in [4.78, 5) is 12.3. The molecule has 1 atom stereocenters. The molecule has 34 heavy (non-hydrogen) atoms. The van der Waals surface area contributed by atoms with Crippen LogP contribution in [0.3, 0.4) is 0 Å². The van der Waals surface area contributed by atoms with Gasteiger partial charge in [0.25, 0.3) is 8.32 Å². The molecule has 0 radical (unpaired) electrons. The maximum atomic E-state index is 12.3. The number of hydrogen-bond donors (Lipinski definition) is 0. The van der Waals surface area contributed by atoms with Gasteiger partial charge in [0.2, 0.25) is 0 Å². The highest BCUT2D eigenvalue weighted by molar-refractivity contribution is 6.99. The van der Waals surface area contributed by atoms with E-state index in [0.717, 1.165) is 44.3 Å². The van der Waals surface area contributed by atoms with E-state index in [1.54, 1.807) is 0 Å². The average Bonchev–Trinajstić information content (AvgIpc) is 2.84. The molecule has 4 nitrogen and oxygen atoms in total. The van der Waals surface area contributed by atoms with Gasteiger partial charge in [0.05, 0.1) is 6.61 Å². The number of ether oxygens (including phenoxy) is 2. The molecule has 0 aliphatic carbocycles. The molecule has 1 fully saturated rings. The molecule has 0 aromatic heterocycles. The van der Waals surface area contributed by atoms with Crippen LogP contribution in [0.2, 0.25) is 5.04 Å². The zero-order valence-electron chi connectivity index (χ0n) is 21.1. The highest BCUT2D eigenvalue weighted by atomic mass is 28.4. The Labute approximate surface area is 206 Å². The fourth-order valence-corrected chi connectivity index (χ4v) is 9.26. The Balaban J connectivity index is 1.58. The summed E-state index contributed by atoms with van der Waals surface area (Å²) < 4.78 is 18.1. The number of carbonyl (C=O) groups excluding carboxylic acids is 1. The van der Waals surface area contributed by atoms with Crippen molar-refractivity contribution in [2.24, 2.45) is 0 Å². The molecule has 0 amide bonds. The highest BCUT2D eigenvalue weighted by Crippen LogP contribution is 2.37. The van der Waals surface area contributed by atoms with E-state index in [0.29, 0.717) is 13.0 Å². The van der Waals surface area contributed by atoms with E-state index < -0.39 is 8.32 Å². The van der Waals surface area contributed by atoms with E-state index in [1.807, 2.05) is 0 Å². The Morgan fingerprint density at radius 1 is 0.971 bits per heavy atom. The third-order valence-corrected chi connectivity index (χ3v) is 11.4. The van der Waals surface area contributed by atoms with Gasteiger partial charge in [-0.3, -0.25) is 4.79 Å². The fraction of sp³-hybridized carbons (Fsp3) is 0.483. The minimum atomic E-state index is -2.57. The van der Waals surface area contributed by atoms with E-state index in [4.69, 9.17) is 13.9 Å². The summed E-state index contributed by atoms with van der Waals surface area (Å²) >= 11 is 0. The van der Waals surface area contributed by atoms with Crippen molar-refractivity contribution in [3.63, 3.8) is 0 Å². The van der Waals surface area contributed by atoms with Crippen molar-refractivity contribution >= 4 is 24.5 Å². The first-order valence-electron chi connectivity index (χ1n) is 12.5. The van der Waals surface area contributed by atoms with E-state index in [1.165, 1.54) is 10.4 Å². The first kappa shape index (κ1) is 26.5. The molecule has 1 unspecified atom stereocenters. The van der Waals surface area contributed by atoms with Crippen LogP contribution in [0.25, 0.3) is 0 Å². The molecule has 0 spiro atoms. The van der Waals surface area contributed by atoms with Crippen molar-refractivity contribution in [3.8, 4) is 0 Å². The minimum Gasteiger partial charge on any atom is -0.403 e. The largest absolute Gasteiger partial charge is 0.403 e. The molecule has 5 heteroatoms. The maximum absolute atomic E-state index is 12.3. The summed E-state index contributed by atoms with van der Waals surface area (Å²) in [7, 11) is -2.57. The van der Waals surface area contributed by atoms with Crippen molar-refractivity contribution in [2.45, 2.75) is 70.6 Å². The number of ketones is 1. The fourth-order valence-electron chi connectivity index (χ4n) is 4.68. The van der Waals surface area contributed by atoms with Crippen LogP contribution in [-0.4, -0.2) is 40.2 Å². The first-order chi connectivity index (χ1) is 16.3. The van der Waals surface area contributed by atoms with Gasteiger partial charge in [0, 0.05) is 13.0 Å². The lowest BCUT2D eigenvalue weighted by molar-refractivity contribution is -0.169. The summed E-state index contributed by atoms with van der Waals surface area (Å²) in [5.74, 6) is 0.120. The van der Waals surface area contributed by atoms with E-state index >= 15 is 0 Å². The Hall–Kier alpha value is -2.05. The van der Waals surface area contributed by atoms with Crippen molar-refractivity contribution in [2.75, 3.05) is 19.8 Å². The molecule has 0 bridgehead atoms. The molecule has 3 rings (SSSR count). The first-order valence-corrected chi connectivity index (χ1v) is 14.4. The number of Topliss-reactive ketones (excluding diaryl/α,β-unsaturated/α-hetero) is 1. The zero-order valence-corrected chi connectivity index (χ0v) is 22.1. The van der Waals surface area contributed by atoms with Gasteiger partial charge in [-0.05, 0) is 47.5 Å². The number of benzene rings is 2. The number of rotatable bonds is 12. The second kappa shape index (κ2) is 12.6. The second-order valence-electron chi connectivity index (χ2n) is 10.2. The van der Waals surface area contributed by atoms with E-state index in [-0.39, 0.29) is 23.7 Å². The third kappa shape index (κ3) is 6.98. The Bertz CT molecular complexity index is 859. The van der Waals surface area contributed by atoms with Crippen molar-refractivity contribution < 1.29 is 18.7 Å². The highest BCUT2D eigenvalue weighted by Gasteiger charge is 2.50. The summed E-state index contributed by atoms with van der Waals surface area (Å²) in [5.41, 5.74) is 1.03. The maximum Gasteiger partial charge on any atom is 0.261 e. The SMILES string of the molecule is C=C(CCCC(=O)COC1CCCCO1)CO[Si](c1ccccc1)(c1ccccc1)C(C)(C)C. The van der Waals surface area contributed by atoms with E-state index in [2.05, 4.69) is 88.0 Å². The number of carbonyl (C=O) groups is 1. The normalized spacial score (nSPS) is 16.9. The smallest absolute Gasteiger partial charge is 0.261 e. The lowest BCUT2D eigenvalue weighted by Crippen LogP contribution is -2.66. The zero-order chi connectivity index (χ0) is 24.4. The molecular formula is C29H40O4Si. The van der Waals surface area contributed by atoms with E-state index in [9.17, 15) is 4.79 Å². The van der Waals surface area contributed by atoms with Crippen LogP contribution in [0.1, 0.15) is 59.3 Å².